The highest BCUT2D eigenvalue weighted by Crippen LogP contribution is 2.27. The Morgan fingerprint density at radius 2 is 1.73 bits per heavy atom. The number of nitrogens with one attached hydrogen (secondary N) is 2. The van der Waals surface area contributed by atoms with E-state index in [-0.39, 0.29) is 24.0 Å². The second kappa shape index (κ2) is 12.2. The Morgan fingerprint density at radius 1 is 0.950 bits per heavy atom. The topological polar surface area (TPSA) is 138 Å². The molecule has 10 nitrogen and oxygen atoms in total. The summed E-state index contributed by atoms with van der Waals surface area (Å²) in [7, 11) is -3.94. The van der Waals surface area contributed by atoms with Gasteiger partial charge in [-0.05, 0) is 55.9 Å². The summed E-state index contributed by atoms with van der Waals surface area (Å²) in [4.78, 5) is 48.4. The molecule has 1 aliphatic carbocycles. The minimum Gasteiger partial charge on any atom is -0.344 e. The van der Waals surface area contributed by atoms with Gasteiger partial charge in [-0.1, -0.05) is 43.5 Å². The highest BCUT2D eigenvalue weighted by atomic mass is 32.2. The van der Waals surface area contributed by atoms with E-state index in [1.807, 2.05) is 24.3 Å². The summed E-state index contributed by atoms with van der Waals surface area (Å²) in [5.74, 6) is -1.27. The molecule has 2 amide bonds. The lowest BCUT2D eigenvalue weighted by atomic mass is 9.83. The maximum Gasteiger partial charge on any atom is 0.260 e. The number of hydrogen-bond donors (Lipinski definition) is 2. The molecule has 210 valence electrons. The quantitative estimate of drug-likeness (QED) is 0.451. The molecule has 2 aliphatic rings. The first-order valence-corrected chi connectivity index (χ1v) is 15.2. The standard InChI is InChI=1S/C29H33N5O5S/c35-25-19-34(40(38,39)26-14-6-7-15-30-26)16-8-13-24(25)32-29(37)27(20-9-2-1-3-10-20)33-28(36)22-17-21-11-4-5-12-23(21)31-18-22/h4-7,11-12,14-15,17-18,20,24,27H,1-3,8-10,13,16,19H2,(H,32,37)(H,33,36)/t24?,27-/m0/s1. The number of benzene rings is 1. The van der Waals surface area contributed by atoms with Gasteiger partial charge < -0.3 is 10.6 Å². The van der Waals surface area contributed by atoms with Crippen molar-refractivity contribution in [2.24, 2.45) is 5.92 Å². The molecular formula is C29H33N5O5S. The molecule has 0 spiro atoms. The van der Waals surface area contributed by atoms with Crippen LogP contribution in [0.4, 0.5) is 0 Å². The SMILES string of the molecule is O=C(N[C@H](C(=O)NC1CCCN(S(=O)(=O)c2ccccn2)CC1=O)C1CCCCC1)c1cnc2ccccc2c1. The Hall–Kier alpha value is -3.70. The molecule has 2 N–H and O–H groups in total. The zero-order valence-corrected chi connectivity index (χ0v) is 23.0. The molecule has 0 bridgehead atoms. The number of carbonyl (C=O) groups is 3. The molecule has 2 fully saturated rings. The maximum absolute atomic E-state index is 13.6. The molecule has 1 aliphatic heterocycles. The molecule has 1 aromatic carbocycles. The van der Waals surface area contributed by atoms with Crippen LogP contribution in [-0.2, 0) is 19.6 Å². The summed E-state index contributed by atoms with van der Waals surface area (Å²) < 4.78 is 27.2. The zero-order chi connectivity index (χ0) is 28.1. The lowest BCUT2D eigenvalue weighted by Gasteiger charge is -2.31. The fraction of sp³-hybridized carbons (Fsp3) is 0.414. The summed E-state index contributed by atoms with van der Waals surface area (Å²) in [6, 6.07) is 12.2. The van der Waals surface area contributed by atoms with E-state index >= 15 is 0 Å². The van der Waals surface area contributed by atoms with Crippen LogP contribution in [0.2, 0.25) is 0 Å². The lowest BCUT2D eigenvalue weighted by Crippen LogP contribution is -2.55. The molecule has 3 aromatic rings. The Morgan fingerprint density at radius 3 is 2.50 bits per heavy atom. The van der Waals surface area contributed by atoms with Gasteiger partial charge in [0.05, 0.1) is 23.7 Å². The van der Waals surface area contributed by atoms with E-state index in [1.54, 1.807) is 18.2 Å². The minimum atomic E-state index is -3.94. The number of amides is 2. The van der Waals surface area contributed by atoms with Crippen LogP contribution in [0.5, 0.6) is 0 Å². The van der Waals surface area contributed by atoms with Gasteiger partial charge in [-0.3, -0.25) is 19.4 Å². The van der Waals surface area contributed by atoms with E-state index in [0.717, 1.165) is 47.3 Å². The van der Waals surface area contributed by atoms with Gasteiger partial charge in [-0.2, -0.15) is 4.31 Å². The van der Waals surface area contributed by atoms with Gasteiger partial charge in [0, 0.05) is 24.3 Å². The molecule has 1 saturated heterocycles. The molecule has 40 heavy (non-hydrogen) atoms. The third-order valence-electron chi connectivity index (χ3n) is 7.72. The third kappa shape index (κ3) is 6.20. The molecule has 2 atom stereocenters. The number of aromatic nitrogens is 2. The highest BCUT2D eigenvalue weighted by Gasteiger charge is 2.37. The molecule has 0 radical (unpaired) electrons. The van der Waals surface area contributed by atoms with Crippen LogP contribution in [0.15, 0.2) is 66.0 Å². The fourth-order valence-corrected chi connectivity index (χ4v) is 6.91. The van der Waals surface area contributed by atoms with Crippen LogP contribution in [0.1, 0.15) is 55.3 Å². The van der Waals surface area contributed by atoms with Gasteiger partial charge >= 0.3 is 0 Å². The zero-order valence-electron chi connectivity index (χ0n) is 22.2. The summed E-state index contributed by atoms with van der Waals surface area (Å²) in [5, 5.41) is 6.48. The number of Topliss-reactive ketones (excluding diaryl/α,β-unsaturated/α-hetero) is 1. The number of rotatable bonds is 7. The number of sulfonamides is 1. The number of hydrogen-bond acceptors (Lipinski definition) is 7. The van der Waals surface area contributed by atoms with Gasteiger partial charge in [-0.15, -0.1) is 0 Å². The minimum absolute atomic E-state index is 0.0620. The Kier molecular flexibility index (Phi) is 8.51. The van der Waals surface area contributed by atoms with E-state index in [9.17, 15) is 22.8 Å². The summed E-state index contributed by atoms with van der Waals surface area (Å²) >= 11 is 0. The first kappa shape index (κ1) is 27.9. The Balaban J connectivity index is 1.30. The number of nitrogens with zero attached hydrogens (tertiary/aromatic N) is 3. The van der Waals surface area contributed by atoms with Crippen LogP contribution in [-0.4, -0.2) is 65.5 Å². The molecular weight excluding hydrogens is 530 g/mol. The number of carbonyl (C=O) groups excluding carboxylic acids is 3. The van der Waals surface area contributed by atoms with E-state index in [1.165, 1.54) is 18.5 Å². The predicted molar refractivity (Wildman–Crippen MR) is 149 cm³/mol. The van der Waals surface area contributed by atoms with Crippen molar-refractivity contribution in [3.8, 4) is 0 Å². The molecule has 5 rings (SSSR count). The van der Waals surface area contributed by atoms with Gasteiger partial charge in [0.1, 0.15) is 6.04 Å². The van der Waals surface area contributed by atoms with E-state index in [2.05, 4.69) is 20.6 Å². The number of pyridine rings is 2. The average molecular weight is 564 g/mol. The van der Waals surface area contributed by atoms with Gasteiger partial charge in [0.15, 0.2) is 10.8 Å². The summed E-state index contributed by atoms with van der Waals surface area (Å²) in [6.45, 7) is -0.207. The lowest BCUT2D eigenvalue weighted by molar-refractivity contribution is -0.129. The van der Waals surface area contributed by atoms with E-state index in [4.69, 9.17) is 0 Å². The van der Waals surface area contributed by atoms with Gasteiger partial charge in [0.2, 0.25) is 5.91 Å². The number of fused-ring (bicyclic) bond motifs is 1. The number of ketones is 1. The van der Waals surface area contributed by atoms with Gasteiger partial charge in [0.25, 0.3) is 15.9 Å². The molecule has 2 aromatic heterocycles. The van der Waals surface area contributed by atoms with E-state index in [0.29, 0.717) is 18.4 Å². The van der Waals surface area contributed by atoms with Crippen molar-refractivity contribution in [2.45, 2.75) is 62.1 Å². The first-order valence-electron chi connectivity index (χ1n) is 13.7. The smallest absolute Gasteiger partial charge is 0.260 e. The molecule has 3 heterocycles. The largest absolute Gasteiger partial charge is 0.344 e. The van der Waals surface area contributed by atoms with E-state index < -0.39 is 39.7 Å². The normalized spacial score (nSPS) is 20.0. The maximum atomic E-state index is 13.6. The van der Waals surface area contributed by atoms with Gasteiger partial charge in [-0.25, -0.2) is 13.4 Å². The van der Waals surface area contributed by atoms with Crippen LogP contribution in [0.25, 0.3) is 10.9 Å². The molecule has 11 heteroatoms. The molecule has 1 saturated carbocycles. The van der Waals surface area contributed by atoms with Crippen molar-refractivity contribution in [3.63, 3.8) is 0 Å². The summed E-state index contributed by atoms with van der Waals surface area (Å²) in [5.41, 5.74) is 1.12. The first-order chi connectivity index (χ1) is 19.3. The Labute approximate surface area is 233 Å². The predicted octanol–water partition coefficient (Wildman–Crippen LogP) is 2.85. The second-order valence-electron chi connectivity index (χ2n) is 10.4. The van der Waals surface area contributed by atoms with Crippen LogP contribution in [0, 0.1) is 5.92 Å². The Bertz CT molecular complexity index is 1490. The second-order valence-corrected chi connectivity index (χ2v) is 12.3. The van der Waals surface area contributed by atoms with Crippen molar-refractivity contribution in [2.75, 3.05) is 13.1 Å². The van der Waals surface area contributed by atoms with Crippen molar-refractivity contribution in [1.82, 2.24) is 24.9 Å². The third-order valence-corrected chi connectivity index (χ3v) is 9.48. The van der Waals surface area contributed by atoms with Crippen LogP contribution >= 0.6 is 0 Å². The van der Waals surface area contributed by atoms with Crippen LogP contribution in [0.3, 0.4) is 0 Å². The molecule has 1 unspecified atom stereocenters. The van der Waals surface area contributed by atoms with Crippen molar-refractivity contribution in [3.05, 3.63) is 66.5 Å². The van der Waals surface area contributed by atoms with Crippen molar-refractivity contribution >= 4 is 38.5 Å². The average Bonchev–Trinajstić information content (AvgIpc) is 3.17. The number of para-hydroxylation sites is 1. The van der Waals surface area contributed by atoms with Crippen LogP contribution < -0.4 is 10.6 Å². The fourth-order valence-electron chi connectivity index (χ4n) is 5.53. The highest BCUT2D eigenvalue weighted by molar-refractivity contribution is 7.89. The van der Waals surface area contributed by atoms with Crippen molar-refractivity contribution < 1.29 is 22.8 Å². The monoisotopic (exact) mass is 563 g/mol. The summed E-state index contributed by atoms with van der Waals surface area (Å²) in [6.07, 6.45) is 8.18. The van der Waals surface area contributed by atoms with Crippen molar-refractivity contribution in [1.29, 1.82) is 0 Å².